The Kier molecular flexibility index (Phi) is 7.33. The third-order valence-corrected chi connectivity index (χ3v) is 4.29. The summed E-state index contributed by atoms with van der Waals surface area (Å²) in [5.74, 6) is -3.12. The predicted molar refractivity (Wildman–Crippen MR) is 77.1 cm³/mol. The summed E-state index contributed by atoms with van der Waals surface area (Å²) in [5, 5.41) is 8.57. The molecular weight excluding hydrogens is 439 g/mol. The maximum absolute atomic E-state index is 12.0. The number of esters is 2. The number of rotatable bonds is 8. The van der Waals surface area contributed by atoms with Gasteiger partial charge in [-0.15, -0.1) is 0 Å². The number of carboxylic acid groups (broad SMARTS) is 1. The molecule has 0 aromatic heterocycles. The molecule has 2 atom stereocenters. The summed E-state index contributed by atoms with van der Waals surface area (Å²) >= 11 is -1.20. The van der Waals surface area contributed by atoms with Crippen molar-refractivity contribution in [2.45, 2.75) is 25.6 Å². The second-order valence-electron chi connectivity index (χ2n) is 4.32. The van der Waals surface area contributed by atoms with Gasteiger partial charge in [0.2, 0.25) is 0 Å². The molecule has 23 heavy (non-hydrogen) atoms. The van der Waals surface area contributed by atoms with Crippen molar-refractivity contribution in [1.82, 2.24) is 0 Å². The number of aliphatic carboxylic acids is 1. The first-order valence-corrected chi connectivity index (χ1v) is 9.68. The van der Waals surface area contributed by atoms with Crippen molar-refractivity contribution >= 4 is 32.0 Å². The van der Waals surface area contributed by atoms with Crippen molar-refractivity contribution < 1.29 is 54.8 Å². The van der Waals surface area contributed by atoms with E-state index >= 15 is 0 Å². The fraction of sp³-hybridized carbons (Fsp3) is 0.286. The van der Waals surface area contributed by atoms with Crippen LogP contribution in [0.25, 0.3) is 0 Å². The SMILES string of the molecule is [3H][I-]SC(=O)[C@H](CC(=O)O[C@H](C(=O)O)c1ccccc1)OC(C)=O. The number of carbonyl (C=O) groups excluding carboxylic acids is 3. The van der Waals surface area contributed by atoms with E-state index in [4.69, 9.17) is 10.1 Å². The topological polar surface area (TPSA) is 107 Å². The fourth-order valence-electron chi connectivity index (χ4n) is 1.64. The van der Waals surface area contributed by atoms with Crippen molar-refractivity contribution in [1.29, 1.82) is 0.594 Å². The summed E-state index contributed by atoms with van der Waals surface area (Å²) < 4.78 is 16.8. The molecule has 1 aromatic carbocycles. The summed E-state index contributed by atoms with van der Waals surface area (Å²) in [6.07, 6.45) is -3.52. The first-order chi connectivity index (χ1) is 11.3. The van der Waals surface area contributed by atoms with Gasteiger partial charge in [0.1, 0.15) is 0 Å². The number of ether oxygens (including phenoxy) is 2. The molecule has 0 heterocycles. The van der Waals surface area contributed by atoms with Crippen LogP contribution in [0.5, 0.6) is 0 Å². The monoisotopic (exact) mass is 455 g/mol. The van der Waals surface area contributed by atoms with Crippen molar-refractivity contribution in [3.63, 3.8) is 0 Å². The van der Waals surface area contributed by atoms with Gasteiger partial charge in [0.15, 0.2) is 0 Å². The molecule has 9 heteroatoms. The third-order valence-electron chi connectivity index (χ3n) is 2.58. The minimum atomic E-state index is -1.52. The molecule has 0 spiro atoms. The molecule has 7 nitrogen and oxygen atoms in total. The standard InChI is InChI=1S/C14H14IO7S/c1-8(16)21-10(14(20)23-15)7-11(17)22-12(13(18)19)9-5-3-2-4-6-9/h2-6,10,12,15H,7H2,1H3,(H,18,19)/q-1/t10-,12-/m0/s1/i15T. The molecule has 0 radical (unpaired) electrons. The van der Waals surface area contributed by atoms with Crippen LogP contribution in [0.4, 0.5) is 0 Å². The Morgan fingerprint density at radius 3 is 2.43 bits per heavy atom. The molecule has 1 N–H and O–H groups in total. The zero-order valence-corrected chi connectivity index (χ0v) is 14.9. The van der Waals surface area contributed by atoms with Gasteiger partial charge in [-0.1, -0.05) is 0 Å². The molecule has 0 aliphatic rings. The molecular formula is C14H14IO7S-. The molecule has 0 amide bonds. The number of carboxylic acids is 1. The number of carbonyl (C=O) groups is 4. The normalized spacial score (nSPS) is 13.5. The van der Waals surface area contributed by atoms with E-state index in [1.807, 2.05) is 0 Å². The zero-order chi connectivity index (χ0) is 18.1. The molecule has 0 saturated heterocycles. The molecule has 0 aliphatic carbocycles. The van der Waals surface area contributed by atoms with Crippen LogP contribution < -0.4 is 21.0 Å². The van der Waals surface area contributed by atoms with Crippen molar-refractivity contribution in [3.05, 3.63) is 35.9 Å². The van der Waals surface area contributed by atoms with E-state index in [1.54, 1.807) is 18.2 Å². The maximum atomic E-state index is 12.0. The van der Waals surface area contributed by atoms with Crippen LogP contribution in [-0.2, 0) is 28.7 Å². The number of hydrogen-bond donors (Lipinski definition) is 1. The number of halogens is 1. The zero-order valence-electron chi connectivity index (χ0n) is 12.9. The molecule has 0 aliphatic heterocycles. The number of benzene rings is 1. The van der Waals surface area contributed by atoms with E-state index in [2.05, 4.69) is 0 Å². The van der Waals surface area contributed by atoms with E-state index < -0.39 is 62.7 Å². The van der Waals surface area contributed by atoms with Gasteiger partial charge in [-0.25, -0.2) is 0 Å². The van der Waals surface area contributed by atoms with E-state index in [-0.39, 0.29) is 5.56 Å². The molecule has 126 valence electrons. The summed E-state index contributed by atoms with van der Waals surface area (Å²) in [4.78, 5) is 46.0. The van der Waals surface area contributed by atoms with Gasteiger partial charge in [-0.3, -0.25) is 0 Å². The first-order valence-electron chi connectivity index (χ1n) is 6.69. The molecule has 0 bridgehead atoms. The molecule has 0 unspecified atom stereocenters. The molecule has 1 rings (SSSR count). The van der Waals surface area contributed by atoms with Gasteiger partial charge in [0.05, 0.1) is 0 Å². The van der Waals surface area contributed by atoms with Crippen LogP contribution in [-0.4, -0.2) is 34.8 Å². The van der Waals surface area contributed by atoms with Gasteiger partial charge in [0.25, 0.3) is 0 Å². The van der Waals surface area contributed by atoms with Gasteiger partial charge in [-0.2, -0.15) is 0 Å². The van der Waals surface area contributed by atoms with Crippen molar-refractivity contribution in [2.75, 3.05) is 0 Å². The van der Waals surface area contributed by atoms with Gasteiger partial charge >= 0.3 is 149 Å². The van der Waals surface area contributed by atoms with Crippen LogP contribution in [0.1, 0.15) is 25.0 Å². The van der Waals surface area contributed by atoms with Crippen LogP contribution in [0.2, 0.25) is 0 Å². The summed E-state index contributed by atoms with van der Waals surface area (Å²) in [6.45, 7) is 1.08. The Morgan fingerprint density at radius 1 is 1.26 bits per heavy atom. The predicted octanol–water partition coefficient (Wildman–Crippen LogP) is -1.86. The van der Waals surface area contributed by atoms with E-state index in [0.29, 0.717) is 8.93 Å². The van der Waals surface area contributed by atoms with Crippen LogP contribution in [0.3, 0.4) is 0 Å². The van der Waals surface area contributed by atoms with Gasteiger partial charge in [-0.05, 0) is 0 Å². The number of hydrogen-bond acceptors (Lipinski definition) is 7. The third kappa shape index (κ3) is 6.57. The fourth-order valence-corrected chi connectivity index (χ4v) is 2.72. The Balaban J connectivity index is 2.80. The average Bonchev–Trinajstić information content (AvgIpc) is 2.52. The van der Waals surface area contributed by atoms with Crippen molar-refractivity contribution in [3.8, 4) is 0 Å². The van der Waals surface area contributed by atoms with E-state index in [0.717, 1.165) is 6.92 Å². The average molecular weight is 455 g/mol. The van der Waals surface area contributed by atoms with Crippen LogP contribution >= 0.6 is 8.93 Å². The Hall–Kier alpha value is -1.62. The van der Waals surface area contributed by atoms with E-state index in [9.17, 15) is 24.3 Å². The Morgan fingerprint density at radius 2 is 1.91 bits per heavy atom. The summed E-state index contributed by atoms with van der Waals surface area (Å²) in [7, 11) is 0.681. The van der Waals surface area contributed by atoms with Gasteiger partial charge < -0.3 is 0 Å². The van der Waals surface area contributed by atoms with Gasteiger partial charge in [0, 0.05) is 0 Å². The quantitative estimate of drug-likeness (QED) is 0.360. The molecule has 0 saturated carbocycles. The molecule has 1 aromatic rings. The Bertz CT molecular complexity index is 610. The van der Waals surface area contributed by atoms with E-state index in [1.165, 1.54) is 12.1 Å². The Labute approximate surface area is 148 Å². The van der Waals surface area contributed by atoms with Crippen LogP contribution in [0.15, 0.2) is 30.3 Å². The first kappa shape index (κ1) is 17.7. The minimum absolute atomic E-state index is 0.264. The second-order valence-corrected chi connectivity index (χ2v) is 6.20. The van der Waals surface area contributed by atoms with Crippen molar-refractivity contribution in [2.24, 2.45) is 0 Å². The molecule has 0 fully saturated rings. The van der Waals surface area contributed by atoms with Crippen LogP contribution in [0, 0.1) is 0 Å². The summed E-state index contributed by atoms with van der Waals surface area (Å²) in [6, 6.07) is 7.85. The summed E-state index contributed by atoms with van der Waals surface area (Å²) in [5.41, 5.74) is 0.264. The second kappa shape index (κ2) is 9.50.